The summed E-state index contributed by atoms with van der Waals surface area (Å²) in [7, 11) is 0. The Balaban J connectivity index is 1.87. The number of hydrogen-bond donors (Lipinski definition) is 1. The van der Waals surface area contributed by atoms with Gasteiger partial charge in [-0.1, -0.05) is 4.49 Å². The number of nitrogens with zero attached hydrogens (tertiary/aromatic N) is 4. The third kappa shape index (κ3) is 3.74. The Kier molecular flexibility index (Phi) is 3.79. The molecule has 0 spiro atoms. The van der Waals surface area contributed by atoms with E-state index < -0.39 is 17.8 Å². The summed E-state index contributed by atoms with van der Waals surface area (Å²) in [5, 5.41) is 7.90. The van der Waals surface area contributed by atoms with E-state index in [4.69, 9.17) is 0 Å². The predicted octanol–water partition coefficient (Wildman–Crippen LogP) is 1.07. The van der Waals surface area contributed by atoms with E-state index in [1.807, 2.05) is 0 Å². The highest BCUT2D eigenvalue weighted by molar-refractivity contribution is 7.03. The molecule has 0 radical (unpaired) electrons. The van der Waals surface area contributed by atoms with Crippen molar-refractivity contribution in [1.29, 1.82) is 0 Å². The van der Waals surface area contributed by atoms with E-state index >= 15 is 0 Å². The Bertz CT molecular complexity index is 550. The van der Waals surface area contributed by atoms with Crippen molar-refractivity contribution < 1.29 is 18.0 Å². The SMILES string of the molecule is O=C(Cn1cnc(C(F)(F)F)c1)NCc1csnn1. The fourth-order valence-electron chi connectivity index (χ4n) is 1.26. The molecule has 0 atom stereocenters. The third-order valence-corrected chi connectivity index (χ3v) is 2.68. The smallest absolute Gasteiger partial charge is 0.349 e. The second-order valence-corrected chi connectivity index (χ2v) is 4.21. The number of rotatable bonds is 4. The molecule has 19 heavy (non-hydrogen) atoms. The molecular weight excluding hydrogens is 283 g/mol. The number of imidazole rings is 1. The third-order valence-electron chi connectivity index (χ3n) is 2.12. The number of alkyl halides is 3. The molecule has 6 nitrogen and oxygen atoms in total. The maximum Gasteiger partial charge on any atom is 0.434 e. The number of amides is 1. The molecule has 1 N–H and O–H groups in total. The first kappa shape index (κ1) is 13.5. The average molecular weight is 291 g/mol. The quantitative estimate of drug-likeness (QED) is 0.914. The van der Waals surface area contributed by atoms with Gasteiger partial charge in [0.2, 0.25) is 5.91 Å². The summed E-state index contributed by atoms with van der Waals surface area (Å²) in [5.41, 5.74) is -0.427. The molecule has 0 bridgehead atoms. The van der Waals surface area contributed by atoms with Gasteiger partial charge in [0, 0.05) is 11.6 Å². The summed E-state index contributed by atoms with van der Waals surface area (Å²) in [6.45, 7) is -0.0448. The van der Waals surface area contributed by atoms with E-state index in [0.29, 0.717) is 5.69 Å². The topological polar surface area (TPSA) is 72.7 Å². The van der Waals surface area contributed by atoms with Crippen LogP contribution in [0, 0.1) is 0 Å². The van der Waals surface area contributed by atoms with Crippen molar-refractivity contribution in [2.75, 3.05) is 0 Å². The van der Waals surface area contributed by atoms with Crippen molar-refractivity contribution in [2.24, 2.45) is 0 Å². The van der Waals surface area contributed by atoms with Crippen LogP contribution in [0.3, 0.4) is 0 Å². The van der Waals surface area contributed by atoms with E-state index in [1.54, 1.807) is 5.38 Å². The zero-order valence-electron chi connectivity index (χ0n) is 9.39. The van der Waals surface area contributed by atoms with Gasteiger partial charge >= 0.3 is 6.18 Å². The fraction of sp³-hybridized carbons (Fsp3) is 0.333. The molecule has 2 rings (SSSR count). The highest BCUT2D eigenvalue weighted by atomic mass is 32.1. The number of carbonyl (C=O) groups excluding carboxylic acids is 1. The van der Waals surface area contributed by atoms with Crippen LogP contribution in [0.4, 0.5) is 13.2 Å². The van der Waals surface area contributed by atoms with Crippen molar-refractivity contribution >= 4 is 17.4 Å². The molecule has 0 aliphatic carbocycles. The fourth-order valence-corrected chi connectivity index (χ4v) is 1.72. The highest BCUT2D eigenvalue weighted by Gasteiger charge is 2.33. The molecule has 2 aromatic rings. The van der Waals surface area contributed by atoms with Crippen LogP contribution in [0.5, 0.6) is 0 Å². The van der Waals surface area contributed by atoms with E-state index in [1.165, 1.54) is 0 Å². The van der Waals surface area contributed by atoms with Crippen LogP contribution in [-0.4, -0.2) is 25.0 Å². The van der Waals surface area contributed by atoms with Crippen molar-refractivity contribution in [3.63, 3.8) is 0 Å². The molecule has 0 unspecified atom stereocenters. The van der Waals surface area contributed by atoms with Gasteiger partial charge in [0.05, 0.1) is 18.6 Å². The zero-order valence-corrected chi connectivity index (χ0v) is 10.2. The molecule has 0 fully saturated rings. The summed E-state index contributed by atoms with van der Waals surface area (Å²) in [6.07, 6.45) is -2.76. The number of carbonyl (C=O) groups is 1. The van der Waals surface area contributed by atoms with Crippen LogP contribution in [0.1, 0.15) is 11.4 Å². The molecule has 2 heterocycles. The molecule has 0 aliphatic rings. The van der Waals surface area contributed by atoms with Gasteiger partial charge < -0.3 is 9.88 Å². The summed E-state index contributed by atoms with van der Waals surface area (Å²) in [4.78, 5) is 14.7. The standard InChI is InChI=1S/C9H8F3N5OS/c10-9(11,12)7-2-17(5-14-7)3-8(18)13-1-6-4-19-16-15-6/h2,4-5H,1,3H2,(H,13,18). The van der Waals surface area contributed by atoms with Crippen LogP contribution in [0.25, 0.3) is 0 Å². The minimum atomic E-state index is -4.51. The van der Waals surface area contributed by atoms with Gasteiger partial charge in [-0.3, -0.25) is 4.79 Å². The molecule has 2 aromatic heterocycles. The maximum atomic E-state index is 12.3. The van der Waals surface area contributed by atoms with Crippen LogP contribution in [-0.2, 0) is 24.1 Å². The lowest BCUT2D eigenvalue weighted by molar-refractivity contribution is -0.141. The lowest BCUT2D eigenvalue weighted by Gasteiger charge is -2.03. The first-order valence-electron chi connectivity index (χ1n) is 5.07. The Labute approximate surface area is 109 Å². The Hall–Kier alpha value is -1.97. The summed E-state index contributed by atoms with van der Waals surface area (Å²) < 4.78 is 41.5. The molecule has 0 aliphatic heterocycles. The zero-order chi connectivity index (χ0) is 13.9. The van der Waals surface area contributed by atoms with Crippen LogP contribution in [0.15, 0.2) is 17.9 Å². The number of halogens is 3. The Morgan fingerprint density at radius 2 is 2.26 bits per heavy atom. The minimum absolute atomic E-state index is 0.191. The molecule has 102 valence electrons. The van der Waals surface area contributed by atoms with E-state index in [2.05, 4.69) is 19.9 Å². The minimum Gasteiger partial charge on any atom is -0.349 e. The van der Waals surface area contributed by atoms with Gasteiger partial charge in [-0.25, -0.2) is 4.98 Å². The van der Waals surface area contributed by atoms with Gasteiger partial charge in [0.15, 0.2) is 5.69 Å². The van der Waals surface area contributed by atoms with Gasteiger partial charge in [-0.2, -0.15) is 13.2 Å². The van der Waals surface area contributed by atoms with Crippen molar-refractivity contribution in [2.45, 2.75) is 19.3 Å². The van der Waals surface area contributed by atoms with Gasteiger partial charge in [-0.05, 0) is 11.5 Å². The molecule has 1 amide bonds. The van der Waals surface area contributed by atoms with Crippen molar-refractivity contribution in [3.05, 3.63) is 29.3 Å². The molecule has 10 heteroatoms. The molecule has 0 saturated heterocycles. The van der Waals surface area contributed by atoms with Gasteiger partial charge in [0.25, 0.3) is 0 Å². The van der Waals surface area contributed by atoms with Crippen LogP contribution < -0.4 is 5.32 Å². The normalized spacial score (nSPS) is 11.5. The van der Waals surface area contributed by atoms with Crippen molar-refractivity contribution in [3.8, 4) is 0 Å². The van der Waals surface area contributed by atoms with E-state index in [-0.39, 0.29) is 13.1 Å². The largest absolute Gasteiger partial charge is 0.434 e. The second kappa shape index (κ2) is 5.34. The lowest BCUT2D eigenvalue weighted by Crippen LogP contribution is -2.26. The summed E-state index contributed by atoms with van der Waals surface area (Å²) in [6, 6.07) is 0. The second-order valence-electron chi connectivity index (χ2n) is 3.60. The lowest BCUT2D eigenvalue weighted by atomic mass is 10.4. The Morgan fingerprint density at radius 1 is 1.47 bits per heavy atom. The molecule has 0 saturated carbocycles. The first-order valence-corrected chi connectivity index (χ1v) is 5.90. The van der Waals surface area contributed by atoms with Crippen molar-refractivity contribution in [1.82, 2.24) is 24.5 Å². The molecule has 0 aromatic carbocycles. The van der Waals surface area contributed by atoms with Gasteiger partial charge in [-0.15, -0.1) is 5.10 Å². The van der Waals surface area contributed by atoms with Crippen LogP contribution in [0.2, 0.25) is 0 Å². The van der Waals surface area contributed by atoms with Gasteiger partial charge in [0.1, 0.15) is 6.54 Å². The monoisotopic (exact) mass is 291 g/mol. The highest BCUT2D eigenvalue weighted by Crippen LogP contribution is 2.27. The predicted molar refractivity (Wildman–Crippen MR) is 59.0 cm³/mol. The summed E-state index contributed by atoms with van der Waals surface area (Å²) in [5.74, 6) is -0.431. The maximum absolute atomic E-state index is 12.3. The number of nitrogens with one attached hydrogen (secondary N) is 1. The van der Waals surface area contributed by atoms with E-state index in [0.717, 1.165) is 28.6 Å². The van der Waals surface area contributed by atoms with E-state index in [9.17, 15) is 18.0 Å². The van der Waals surface area contributed by atoms with Crippen LogP contribution >= 0.6 is 11.5 Å². The molecular formula is C9H8F3N5OS. The number of aromatic nitrogens is 4. The average Bonchev–Trinajstić information content (AvgIpc) is 2.95. The first-order chi connectivity index (χ1) is 8.95. The number of hydrogen-bond acceptors (Lipinski definition) is 5. The Morgan fingerprint density at radius 3 is 2.84 bits per heavy atom. The summed E-state index contributed by atoms with van der Waals surface area (Å²) >= 11 is 1.15.